The lowest BCUT2D eigenvalue weighted by molar-refractivity contribution is 0.145. The van der Waals surface area contributed by atoms with Gasteiger partial charge >= 0.3 is 0 Å². The number of hydrogen-bond donors (Lipinski definition) is 3. The lowest BCUT2D eigenvalue weighted by Gasteiger charge is -2.46. The fourth-order valence-electron chi connectivity index (χ4n) is 3.24. The zero-order valence-electron chi connectivity index (χ0n) is 12.3. The molecule has 0 aliphatic carbocycles. The van der Waals surface area contributed by atoms with E-state index in [1.54, 1.807) is 6.07 Å². The lowest BCUT2D eigenvalue weighted by atomic mass is 9.79. The quantitative estimate of drug-likeness (QED) is 0.782. The molecular formula is C15H25N3O. The van der Waals surface area contributed by atoms with Gasteiger partial charge in [0.2, 0.25) is 0 Å². The maximum Gasteiger partial charge on any atom is 0.133 e. The van der Waals surface area contributed by atoms with Crippen LogP contribution in [0, 0.1) is 0 Å². The molecule has 1 fully saturated rings. The summed E-state index contributed by atoms with van der Waals surface area (Å²) in [5, 5.41) is 16.5. The minimum absolute atomic E-state index is 0.155. The standard InChI is InChI=1S/C15H25N3O/c1-14(2)7-12(8-15(3,4)18-14)16-9-11-5-6-13(19)10-17-11/h5-6,10,12,16,18-19H,7-9H2,1-4H3. The predicted molar refractivity (Wildman–Crippen MR) is 77.1 cm³/mol. The van der Waals surface area contributed by atoms with Crippen molar-refractivity contribution in [1.82, 2.24) is 15.6 Å². The van der Waals surface area contributed by atoms with E-state index in [1.165, 1.54) is 6.20 Å². The molecule has 0 saturated carbocycles. The van der Waals surface area contributed by atoms with E-state index in [4.69, 9.17) is 0 Å². The molecule has 1 aliphatic rings. The van der Waals surface area contributed by atoms with Crippen LogP contribution in [0.25, 0.3) is 0 Å². The Morgan fingerprint density at radius 1 is 1.26 bits per heavy atom. The number of aromatic hydroxyl groups is 1. The SMILES string of the molecule is CC1(C)CC(NCc2ccc(O)cn2)CC(C)(C)N1. The third kappa shape index (κ3) is 4.18. The number of hydrogen-bond acceptors (Lipinski definition) is 4. The van der Waals surface area contributed by atoms with Gasteiger partial charge in [-0.1, -0.05) is 0 Å². The Morgan fingerprint density at radius 2 is 1.89 bits per heavy atom. The van der Waals surface area contributed by atoms with Gasteiger partial charge in [0.1, 0.15) is 5.75 Å². The monoisotopic (exact) mass is 263 g/mol. The van der Waals surface area contributed by atoms with Crippen LogP contribution in [-0.2, 0) is 6.54 Å². The molecule has 0 radical (unpaired) electrons. The van der Waals surface area contributed by atoms with Crippen molar-refractivity contribution in [1.29, 1.82) is 0 Å². The smallest absolute Gasteiger partial charge is 0.133 e. The largest absolute Gasteiger partial charge is 0.506 e. The molecule has 106 valence electrons. The number of aromatic nitrogens is 1. The van der Waals surface area contributed by atoms with Crippen molar-refractivity contribution >= 4 is 0 Å². The third-order valence-corrected chi connectivity index (χ3v) is 3.57. The van der Waals surface area contributed by atoms with Gasteiger partial charge in [-0.25, -0.2) is 0 Å². The second-order valence-corrected chi connectivity index (χ2v) is 6.89. The van der Waals surface area contributed by atoms with Crippen LogP contribution in [0.3, 0.4) is 0 Å². The van der Waals surface area contributed by atoms with Gasteiger partial charge in [-0.3, -0.25) is 4.98 Å². The van der Waals surface area contributed by atoms with Gasteiger partial charge in [0, 0.05) is 23.7 Å². The van der Waals surface area contributed by atoms with Crippen LogP contribution >= 0.6 is 0 Å². The van der Waals surface area contributed by atoms with E-state index in [2.05, 4.69) is 43.3 Å². The summed E-state index contributed by atoms with van der Waals surface area (Å²) < 4.78 is 0. The van der Waals surface area contributed by atoms with E-state index < -0.39 is 0 Å². The van der Waals surface area contributed by atoms with Crippen LogP contribution in [0.4, 0.5) is 0 Å². The third-order valence-electron chi connectivity index (χ3n) is 3.57. The Balaban J connectivity index is 1.93. The Hall–Kier alpha value is -1.13. The predicted octanol–water partition coefficient (Wildman–Crippen LogP) is 2.19. The van der Waals surface area contributed by atoms with Crippen molar-refractivity contribution in [3.05, 3.63) is 24.0 Å². The minimum atomic E-state index is 0.155. The topological polar surface area (TPSA) is 57.2 Å². The molecule has 4 heteroatoms. The highest BCUT2D eigenvalue weighted by Crippen LogP contribution is 2.28. The van der Waals surface area contributed by atoms with Crippen molar-refractivity contribution < 1.29 is 5.11 Å². The van der Waals surface area contributed by atoms with Gasteiger partial charge in [-0.15, -0.1) is 0 Å². The molecule has 0 bridgehead atoms. The summed E-state index contributed by atoms with van der Waals surface area (Å²) in [7, 11) is 0. The molecule has 0 atom stereocenters. The number of rotatable bonds is 3. The van der Waals surface area contributed by atoms with Gasteiger partial charge < -0.3 is 15.7 Å². The van der Waals surface area contributed by atoms with E-state index in [-0.39, 0.29) is 16.8 Å². The second kappa shape index (κ2) is 5.10. The molecule has 0 amide bonds. The second-order valence-electron chi connectivity index (χ2n) is 6.89. The first-order chi connectivity index (χ1) is 8.76. The van der Waals surface area contributed by atoms with Crippen LogP contribution in [-0.4, -0.2) is 27.2 Å². The summed E-state index contributed by atoms with van der Waals surface area (Å²) in [6, 6.07) is 4.03. The Bertz CT molecular complexity index is 410. The van der Waals surface area contributed by atoms with E-state index in [1.807, 2.05) is 6.07 Å². The molecule has 1 aromatic rings. The highest BCUT2D eigenvalue weighted by atomic mass is 16.3. The molecule has 19 heavy (non-hydrogen) atoms. The molecule has 0 spiro atoms. The Labute approximate surface area is 115 Å². The van der Waals surface area contributed by atoms with Crippen molar-refractivity contribution in [2.75, 3.05) is 0 Å². The first-order valence-electron chi connectivity index (χ1n) is 6.92. The fourth-order valence-corrected chi connectivity index (χ4v) is 3.24. The lowest BCUT2D eigenvalue weighted by Crippen LogP contribution is -2.61. The van der Waals surface area contributed by atoms with Crippen LogP contribution in [0.2, 0.25) is 0 Å². The molecule has 2 heterocycles. The maximum absolute atomic E-state index is 9.22. The molecule has 2 rings (SSSR count). The molecule has 1 aliphatic heterocycles. The summed E-state index contributed by atoms with van der Waals surface area (Å²) in [6.07, 6.45) is 3.70. The molecule has 0 unspecified atom stereocenters. The number of nitrogens with one attached hydrogen (secondary N) is 2. The Morgan fingerprint density at radius 3 is 2.42 bits per heavy atom. The van der Waals surface area contributed by atoms with Crippen LogP contribution in [0.5, 0.6) is 5.75 Å². The van der Waals surface area contributed by atoms with Crippen LogP contribution in [0.1, 0.15) is 46.2 Å². The number of pyridine rings is 1. The fraction of sp³-hybridized carbons (Fsp3) is 0.667. The molecule has 0 aromatic carbocycles. The van der Waals surface area contributed by atoms with Crippen LogP contribution < -0.4 is 10.6 Å². The van der Waals surface area contributed by atoms with Gasteiger partial charge in [-0.05, 0) is 52.7 Å². The van der Waals surface area contributed by atoms with Gasteiger partial charge in [-0.2, -0.15) is 0 Å². The van der Waals surface area contributed by atoms with Gasteiger partial charge in [0.05, 0.1) is 11.9 Å². The molecular weight excluding hydrogens is 238 g/mol. The van der Waals surface area contributed by atoms with E-state index in [0.717, 1.165) is 25.1 Å². The normalized spacial score (nSPS) is 22.3. The average Bonchev–Trinajstić information content (AvgIpc) is 2.24. The van der Waals surface area contributed by atoms with Gasteiger partial charge in [0.15, 0.2) is 0 Å². The Kier molecular flexibility index (Phi) is 3.83. The summed E-state index contributed by atoms with van der Waals surface area (Å²) in [5.74, 6) is 0.216. The van der Waals surface area contributed by atoms with Crippen molar-refractivity contribution in [2.24, 2.45) is 0 Å². The zero-order chi connectivity index (χ0) is 14.1. The average molecular weight is 263 g/mol. The zero-order valence-corrected chi connectivity index (χ0v) is 12.3. The summed E-state index contributed by atoms with van der Waals surface area (Å²) >= 11 is 0. The maximum atomic E-state index is 9.22. The van der Waals surface area contributed by atoms with Crippen LogP contribution in [0.15, 0.2) is 18.3 Å². The summed E-state index contributed by atoms with van der Waals surface area (Å²) in [5.41, 5.74) is 1.27. The molecule has 3 N–H and O–H groups in total. The summed E-state index contributed by atoms with van der Waals surface area (Å²) in [6.45, 7) is 9.75. The highest BCUT2D eigenvalue weighted by Gasteiger charge is 2.37. The summed E-state index contributed by atoms with van der Waals surface area (Å²) in [4.78, 5) is 4.21. The first-order valence-corrected chi connectivity index (χ1v) is 6.92. The van der Waals surface area contributed by atoms with E-state index in [0.29, 0.717) is 6.04 Å². The minimum Gasteiger partial charge on any atom is -0.506 e. The van der Waals surface area contributed by atoms with E-state index >= 15 is 0 Å². The van der Waals surface area contributed by atoms with Crippen molar-refractivity contribution in [2.45, 2.75) is 64.2 Å². The highest BCUT2D eigenvalue weighted by molar-refractivity contribution is 5.17. The van der Waals surface area contributed by atoms with Crippen molar-refractivity contribution in [3.8, 4) is 5.75 Å². The number of piperidine rings is 1. The van der Waals surface area contributed by atoms with E-state index in [9.17, 15) is 5.11 Å². The molecule has 4 nitrogen and oxygen atoms in total. The molecule has 1 aromatic heterocycles. The number of nitrogens with zero attached hydrogens (tertiary/aromatic N) is 1. The molecule has 1 saturated heterocycles. The van der Waals surface area contributed by atoms with Crippen molar-refractivity contribution in [3.63, 3.8) is 0 Å². The first kappa shape index (κ1) is 14.3. The van der Waals surface area contributed by atoms with Gasteiger partial charge in [0.25, 0.3) is 0 Å².